The maximum Gasteiger partial charge on any atom is 0.295 e. The van der Waals surface area contributed by atoms with Crippen molar-refractivity contribution in [3.05, 3.63) is 70.8 Å². The minimum Gasteiger partial charge on any atom is -0.507 e. The van der Waals surface area contributed by atoms with Crippen molar-refractivity contribution in [1.82, 2.24) is 4.90 Å². The average molecular weight is 337 g/mol. The van der Waals surface area contributed by atoms with Gasteiger partial charge in [0.15, 0.2) is 0 Å². The molecule has 2 aromatic rings. The standard InChI is InChI=1S/C20H19NO4/c1-12-9-10-15(25-3)14(11-12)18(22)16-17(13-7-5-4-6-8-13)21(2)20(24)19(16)23/h4-11,17,22H,1-3H3/b18-16+. The Bertz CT molecular complexity index is 871. The highest BCUT2D eigenvalue weighted by atomic mass is 16.5. The molecular weight excluding hydrogens is 318 g/mol. The number of ether oxygens (including phenoxy) is 1. The molecule has 2 aromatic carbocycles. The van der Waals surface area contributed by atoms with Crippen molar-refractivity contribution in [2.45, 2.75) is 13.0 Å². The van der Waals surface area contributed by atoms with Crippen molar-refractivity contribution < 1.29 is 19.4 Å². The Morgan fingerprint density at radius 2 is 1.80 bits per heavy atom. The number of ketones is 1. The van der Waals surface area contributed by atoms with Crippen LogP contribution in [0.2, 0.25) is 0 Å². The number of carbonyl (C=O) groups is 2. The van der Waals surface area contributed by atoms with E-state index in [1.807, 2.05) is 43.3 Å². The number of aliphatic hydroxyl groups is 1. The van der Waals surface area contributed by atoms with Gasteiger partial charge in [-0.15, -0.1) is 0 Å². The summed E-state index contributed by atoms with van der Waals surface area (Å²) in [5, 5.41) is 10.9. The minimum atomic E-state index is -0.697. The van der Waals surface area contributed by atoms with Gasteiger partial charge in [-0.1, -0.05) is 42.0 Å². The van der Waals surface area contributed by atoms with Crippen LogP contribution >= 0.6 is 0 Å². The summed E-state index contributed by atoms with van der Waals surface area (Å²) < 4.78 is 5.31. The van der Waals surface area contributed by atoms with Crippen LogP contribution in [0.15, 0.2) is 54.1 Å². The van der Waals surface area contributed by atoms with Gasteiger partial charge in [0.2, 0.25) is 0 Å². The van der Waals surface area contributed by atoms with Crippen LogP contribution in [-0.2, 0) is 9.59 Å². The monoisotopic (exact) mass is 337 g/mol. The van der Waals surface area contributed by atoms with E-state index in [1.54, 1.807) is 19.2 Å². The van der Waals surface area contributed by atoms with E-state index in [4.69, 9.17) is 4.74 Å². The van der Waals surface area contributed by atoms with Crippen LogP contribution < -0.4 is 4.74 Å². The third kappa shape index (κ3) is 2.78. The third-order valence-corrected chi connectivity index (χ3v) is 4.40. The van der Waals surface area contributed by atoms with Crippen LogP contribution in [0, 0.1) is 6.92 Å². The van der Waals surface area contributed by atoms with E-state index in [0.717, 1.165) is 11.1 Å². The largest absolute Gasteiger partial charge is 0.507 e. The number of Topliss-reactive ketones (excluding diaryl/α,β-unsaturated/α-hetero) is 1. The van der Waals surface area contributed by atoms with E-state index in [1.165, 1.54) is 12.0 Å². The van der Waals surface area contributed by atoms with Crippen molar-refractivity contribution in [1.29, 1.82) is 0 Å². The van der Waals surface area contributed by atoms with Crippen LogP contribution in [0.1, 0.15) is 22.7 Å². The second-order valence-corrected chi connectivity index (χ2v) is 6.02. The lowest BCUT2D eigenvalue weighted by Crippen LogP contribution is -2.24. The molecule has 1 aliphatic rings. The number of likely N-dealkylation sites (tertiary alicyclic amines) is 1. The maximum absolute atomic E-state index is 12.5. The predicted molar refractivity (Wildman–Crippen MR) is 94.2 cm³/mol. The summed E-state index contributed by atoms with van der Waals surface area (Å²) in [6, 6.07) is 13.9. The maximum atomic E-state index is 12.5. The lowest BCUT2D eigenvalue weighted by molar-refractivity contribution is -0.139. The van der Waals surface area contributed by atoms with Crippen LogP contribution in [-0.4, -0.2) is 35.9 Å². The summed E-state index contributed by atoms with van der Waals surface area (Å²) in [6.45, 7) is 1.88. The lowest BCUT2D eigenvalue weighted by atomic mass is 9.94. The Morgan fingerprint density at radius 1 is 1.12 bits per heavy atom. The molecule has 5 nitrogen and oxygen atoms in total. The summed E-state index contributed by atoms with van der Waals surface area (Å²) >= 11 is 0. The van der Waals surface area contributed by atoms with Crippen molar-refractivity contribution in [2.24, 2.45) is 0 Å². The predicted octanol–water partition coefficient (Wildman–Crippen LogP) is 3.06. The van der Waals surface area contributed by atoms with Crippen molar-refractivity contribution in [2.75, 3.05) is 14.2 Å². The summed E-state index contributed by atoms with van der Waals surface area (Å²) in [7, 11) is 3.06. The molecule has 0 spiro atoms. The van der Waals surface area contributed by atoms with Gasteiger partial charge in [-0.05, 0) is 24.6 Å². The number of aryl methyl sites for hydroxylation is 1. The van der Waals surface area contributed by atoms with Gasteiger partial charge in [-0.3, -0.25) is 9.59 Å². The molecule has 0 radical (unpaired) electrons. The first-order chi connectivity index (χ1) is 12.0. The van der Waals surface area contributed by atoms with Gasteiger partial charge in [-0.25, -0.2) is 0 Å². The number of hydrogen-bond donors (Lipinski definition) is 1. The number of methoxy groups -OCH3 is 1. The number of amides is 1. The molecule has 1 fully saturated rings. The number of likely N-dealkylation sites (N-methyl/N-ethyl adjacent to an activating group) is 1. The van der Waals surface area contributed by atoms with Gasteiger partial charge < -0.3 is 14.7 Å². The van der Waals surface area contributed by atoms with E-state index in [2.05, 4.69) is 0 Å². The number of hydrogen-bond acceptors (Lipinski definition) is 4. The molecule has 0 saturated carbocycles. The van der Waals surface area contributed by atoms with Gasteiger partial charge in [0.1, 0.15) is 11.5 Å². The highest BCUT2D eigenvalue weighted by Crippen LogP contribution is 2.40. The lowest BCUT2D eigenvalue weighted by Gasteiger charge is -2.21. The molecule has 1 saturated heterocycles. The molecule has 1 aliphatic heterocycles. The molecule has 0 bridgehead atoms. The van der Waals surface area contributed by atoms with Crippen molar-refractivity contribution in [3.63, 3.8) is 0 Å². The summed E-state index contributed by atoms with van der Waals surface area (Å²) in [4.78, 5) is 26.2. The zero-order chi connectivity index (χ0) is 18.1. The number of carbonyl (C=O) groups excluding carboxylic acids is 2. The van der Waals surface area contributed by atoms with Crippen molar-refractivity contribution >= 4 is 17.4 Å². The average Bonchev–Trinajstić information content (AvgIpc) is 2.86. The smallest absolute Gasteiger partial charge is 0.295 e. The van der Waals surface area contributed by atoms with Crippen LogP contribution in [0.4, 0.5) is 0 Å². The van der Waals surface area contributed by atoms with Gasteiger partial charge in [0.25, 0.3) is 11.7 Å². The first-order valence-electron chi connectivity index (χ1n) is 7.90. The van der Waals surface area contributed by atoms with E-state index >= 15 is 0 Å². The Hall–Kier alpha value is -3.08. The zero-order valence-corrected chi connectivity index (χ0v) is 14.3. The fourth-order valence-corrected chi connectivity index (χ4v) is 3.13. The van der Waals surface area contributed by atoms with Crippen LogP contribution in [0.5, 0.6) is 5.75 Å². The SMILES string of the molecule is COc1ccc(C)cc1/C(O)=C1\C(=O)C(=O)N(C)C1c1ccccc1. The molecule has 1 unspecified atom stereocenters. The third-order valence-electron chi connectivity index (χ3n) is 4.40. The molecule has 0 aliphatic carbocycles. The highest BCUT2D eigenvalue weighted by molar-refractivity contribution is 6.46. The van der Waals surface area contributed by atoms with E-state index < -0.39 is 17.7 Å². The second-order valence-electron chi connectivity index (χ2n) is 6.02. The van der Waals surface area contributed by atoms with Crippen LogP contribution in [0.3, 0.4) is 0 Å². The van der Waals surface area contributed by atoms with Gasteiger partial charge in [-0.2, -0.15) is 0 Å². The molecule has 1 atom stereocenters. The number of benzene rings is 2. The molecule has 1 N–H and O–H groups in total. The first-order valence-corrected chi connectivity index (χ1v) is 7.90. The summed E-state index contributed by atoms with van der Waals surface area (Å²) in [6.07, 6.45) is 0. The molecule has 5 heteroatoms. The molecular formula is C20H19NO4. The highest BCUT2D eigenvalue weighted by Gasteiger charge is 2.44. The number of aliphatic hydroxyl groups excluding tert-OH is 1. The Kier molecular flexibility index (Phi) is 4.31. The normalized spacial score (nSPS) is 19.3. The molecule has 1 heterocycles. The molecule has 128 valence electrons. The molecule has 0 aromatic heterocycles. The van der Waals surface area contributed by atoms with Crippen molar-refractivity contribution in [3.8, 4) is 5.75 Å². The second kappa shape index (κ2) is 6.43. The van der Waals surface area contributed by atoms with E-state index in [9.17, 15) is 14.7 Å². The van der Waals surface area contributed by atoms with Gasteiger partial charge in [0.05, 0.1) is 24.3 Å². The molecule has 1 amide bonds. The Morgan fingerprint density at radius 3 is 2.44 bits per heavy atom. The van der Waals surface area contributed by atoms with Crippen LogP contribution in [0.25, 0.3) is 5.76 Å². The minimum absolute atomic E-state index is 0.0719. The molecule has 3 rings (SSSR count). The fraction of sp³-hybridized carbons (Fsp3) is 0.200. The first kappa shape index (κ1) is 16.8. The van der Waals surface area contributed by atoms with E-state index in [-0.39, 0.29) is 11.3 Å². The fourth-order valence-electron chi connectivity index (χ4n) is 3.13. The zero-order valence-electron chi connectivity index (χ0n) is 14.3. The number of rotatable bonds is 3. The Balaban J connectivity index is 2.24. The summed E-state index contributed by atoms with van der Waals surface area (Å²) in [5.41, 5.74) is 2.14. The van der Waals surface area contributed by atoms with E-state index in [0.29, 0.717) is 11.3 Å². The Labute approximate surface area is 146 Å². The quantitative estimate of drug-likeness (QED) is 0.531. The van der Waals surface area contributed by atoms with Gasteiger partial charge in [0, 0.05) is 7.05 Å². The molecule has 25 heavy (non-hydrogen) atoms. The number of nitrogens with zero attached hydrogens (tertiary/aromatic N) is 1. The van der Waals surface area contributed by atoms with Gasteiger partial charge >= 0.3 is 0 Å². The topological polar surface area (TPSA) is 66.8 Å². The summed E-state index contributed by atoms with van der Waals surface area (Å²) in [5.74, 6) is -1.12.